The molecule has 2 aliphatic heterocycles. The van der Waals surface area contributed by atoms with Crippen LogP contribution < -0.4 is 4.90 Å². The highest BCUT2D eigenvalue weighted by atomic mass is 19.2. The topological polar surface area (TPSA) is 94.1 Å². The highest BCUT2D eigenvalue weighted by molar-refractivity contribution is 5.94. The maximum absolute atomic E-state index is 13.6. The molecule has 5 rings (SSSR count). The number of carbonyl (C=O) groups excluding carboxylic acids is 1. The number of carbonyl (C=O) groups is 1. The SMILES string of the molecule is CC[C@H]1CN(c2ncc(-c3nc[nH]n3)nc2C)[C@H](C)CN1C1CCN(C(=O)c2ccc(F)c(F)c2)CC1. The van der Waals surface area contributed by atoms with Crippen molar-refractivity contribution < 1.29 is 13.6 Å². The third kappa shape index (κ3) is 5.04. The summed E-state index contributed by atoms with van der Waals surface area (Å²) in [4.78, 5) is 33.1. The van der Waals surface area contributed by atoms with E-state index in [9.17, 15) is 13.6 Å². The number of rotatable bonds is 5. The van der Waals surface area contributed by atoms with Crippen molar-refractivity contribution in [2.24, 2.45) is 0 Å². The van der Waals surface area contributed by atoms with Crippen molar-refractivity contribution >= 4 is 11.7 Å². The fourth-order valence-corrected chi connectivity index (χ4v) is 5.58. The second-order valence-corrected chi connectivity index (χ2v) is 9.90. The Morgan fingerprint density at radius 2 is 1.92 bits per heavy atom. The van der Waals surface area contributed by atoms with E-state index in [1.165, 1.54) is 12.4 Å². The molecule has 2 aromatic heterocycles. The number of aromatic nitrogens is 5. The smallest absolute Gasteiger partial charge is 0.253 e. The molecule has 1 N–H and O–H groups in total. The molecule has 0 spiro atoms. The molecule has 196 valence electrons. The maximum atomic E-state index is 13.6. The van der Waals surface area contributed by atoms with Gasteiger partial charge in [0.05, 0.1) is 11.9 Å². The number of aromatic amines is 1. The van der Waals surface area contributed by atoms with E-state index >= 15 is 0 Å². The first-order valence-corrected chi connectivity index (χ1v) is 12.8. The third-order valence-corrected chi connectivity index (χ3v) is 7.58. The van der Waals surface area contributed by atoms with Gasteiger partial charge in [0, 0.05) is 49.9 Å². The zero-order chi connectivity index (χ0) is 26.1. The minimum atomic E-state index is -0.995. The molecule has 2 fully saturated rings. The number of nitrogens with one attached hydrogen (secondary N) is 1. The van der Waals surface area contributed by atoms with Gasteiger partial charge in [-0.3, -0.25) is 14.8 Å². The van der Waals surface area contributed by atoms with Gasteiger partial charge in [-0.2, -0.15) is 5.10 Å². The fourth-order valence-electron chi connectivity index (χ4n) is 5.58. The van der Waals surface area contributed by atoms with Crippen LogP contribution in [0.4, 0.5) is 14.6 Å². The number of H-pyrrole nitrogens is 1. The van der Waals surface area contributed by atoms with E-state index in [2.05, 4.69) is 38.8 Å². The van der Waals surface area contributed by atoms with Crippen molar-refractivity contribution in [3.63, 3.8) is 0 Å². The number of nitrogens with zero attached hydrogens (tertiary/aromatic N) is 7. The summed E-state index contributed by atoms with van der Waals surface area (Å²) in [6.45, 7) is 9.33. The number of piperidine rings is 1. The number of benzene rings is 1. The van der Waals surface area contributed by atoms with E-state index < -0.39 is 11.6 Å². The van der Waals surface area contributed by atoms with E-state index in [0.717, 1.165) is 56.0 Å². The molecular weight excluding hydrogens is 478 g/mol. The van der Waals surface area contributed by atoms with Crippen molar-refractivity contribution in [3.8, 4) is 11.5 Å². The lowest BCUT2D eigenvalue weighted by atomic mass is 9.96. The van der Waals surface area contributed by atoms with Gasteiger partial charge in [-0.25, -0.2) is 23.7 Å². The molecule has 0 bridgehead atoms. The van der Waals surface area contributed by atoms with Crippen molar-refractivity contribution in [1.29, 1.82) is 0 Å². The van der Waals surface area contributed by atoms with Crippen molar-refractivity contribution in [1.82, 2.24) is 34.9 Å². The number of hydrogen-bond donors (Lipinski definition) is 1. The summed E-state index contributed by atoms with van der Waals surface area (Å²) in [5, 5.41) is 6.81. The molecule has 1 amide bonds. The van der Waals surface area contributed by atoms with Gasteiger partial charge < -0.3 is 9.80 Å². The second-order valence-electron chi connectivity index (χ2n) is 9.90. The van der Waals surface area contributed by atoms with Crippen LogP contribution in [0, 0.1) is 18.6 Å². The predicted octanol–water partition coefficient (Wildman–Crippen LogP) is 3.44. The zero-order valence-corrected chi connectivity index (χ0v) is 21.4. The van der Waals surface area contributed by atoms with Gasteiger partial charge in [0.25, 0.3) is 5.91 Å². The van der Waals surface area contributed by atoms with Gasteiger partial charge in [-0.1, -0.05) is 6.92 Å². The number of aryl methyl sites for hydroxylation is 1. The number of piperazine rings is 1. The zero-order valence-electron chi connectivity index (χ0n) is 21.4. The summed E-state index contributed by atoms with van der Waals surface area (Å²) in [6.07, 6.45) is 5.95. The standard InChI is InChI=1S/C26H32F2N8O/c1-4-19-14-35(25-17(3)32-23(12-29-25)24-30-15-31-33-24)16(2)13-36(19)20-7-9-34(10-8-20)26(37)18-5-6-21(27)22(28)11-18/h5-6,11-12,15-16,19-20H,4,7-10,13-14H2,1-3H3,(H,30,31,33)/t16-,19+/m1/s1. The van der Waals surface area contributed by atoms with Crippen LogP contribution in [-0.4, -0.2) is 85.2 Å². The van der Waals surface area contributed by atoms with Crippen molar-refractivity contribution in [3.05, 3.63) is 53.6 Å². The monoisotopic (exact) mass is 510 g/mol. The highest BCUT2D eigenvalue weighted by Gasteiger charge is 2.37. The summed E-state index contributed by atoms with van der Waals surface area (Å²) in [6, 6.07) is 4.30. The van der Waals surface area contributed by atoms with E-state index in [0.29, 0.717) is 36.7 Å². The number of hydrogen-bond acceptors (Lipinski definition) is 7. The molecule has 0 aliphatic carbocycles. The molecule has 9 nitrogen and oxygen atoms in total. The van der Waals surface area contributed by atoms with E-state index in [1.54, 1.807) is 11.1 Å². The molecule has 0 unspecified atom stereocenters. The Labute approximate surface area is 214 Å². The molecule has 4 heterocycles. The molecular formula is C26H32F2N8O. The van der Waals surface area contributed by atoms with Crippen LogP contribution in [0.1, 0.15) is 49.2 Å². The van der Waals surface area contributed by atoms with Gasteiger partial charge >= 0.3 is 0 Å². The van der Waals surface area contributed by atoms with Gasteiger partial charge in [0.2, 0.25) is 5.82 Å². The molecule has 2 aliphatic rings. The molecule has 0 saturated carbocycles. The average Bonchev–Trinajstić information content (AvgIpc) is 3.45. The first kappa shape index (κ1) is 25.2. The van der Waals surface area contributed by atoms with Crippen LogP contribution in [-0.2, 0) is 0 Å². The number of anilines is 1. The van der Waals surface area contributed by atoms with Crippen LogP contribution in [0.15, 0.2) is 30.7 Å². The molecule has 3 aromatic rings. The lowest BCUT2D eigenvalue weighted by Crippen LogP contribution is -2.62. The molecule has 11 heteroatoms. The van der Waals surface area contributed by atoms with Crippen LogP contribution in [0.25, 0.3) is 11.5 Å². The van der Waals surface area contributed by atoms with Crippen LogP contribution >= 0.6 is 0 Å². The van der Waals surface area contributed by atoms with E-state index in [-0.39, 0.29) is 17.5 Å². The van der Waals surface area contributed by atoms with Crippen molar-refractivity contribution in [2.45, 2.75) is 58.2 Å². The minimum absolute atomic E-state index is 0.191. The second kappa shape index (κ2) is 10.5. The number of amides is 1. The predicted molar refractivity (Wildman–Crippen MR) is 135 cm³/mol. The summed E-state index contributed by atoms with van der Waals surface area (Å²) < 4.78 is 26.9. The van der Waals surface area contributed by atoms with E-state index in [1.807, 2.05) is 6.92 Å². The summed E-state index contributed by atoms with van der Waals surface area (Å²) >= 11 is 0. The van der Waals surface area contributed by atoms with Crippen LogP contribution in [0.3, 0.4) is 0 Å². The summed E-state index contributed by atoms with van der Waals surface area (Å²) in [7, 11) is 0. The number of halogens is 2. The number of likely N-dealkylation sites (tertiary alicyclic amines) is 1. The Bertz CT molecular complexity index is 1250. The minimum Gasteiger partial charge on any atom is -0.350 e. The lowest BCUT2D eigenvalue weighted by molar-refractivity contribution is 0.0434. The largest absolute Gasteiger partial charge is 0.350 e. The molecule has 0 radical (unpaired) electrons. The normalized spacial score (nSPS) is 21.4. The lowest BCUT2D eigenvalue weighted by Gasteiger charge is -2.50. The van der Waals surface area contributed by atoms with Gasteiger partial charge in [0.15, 0.2) is 11.6 Å². The Hall–Kier alpha value is -3.47. The third-order valence-electron chi connectivity index (χ3n) is 7.58. The molecule has 37 heavy (non-hydrogen) atoms. The van der Waals surface area contributed by atoms with Crippen LogP contribution in [0.5, 0.6) is 0 Å². The quantitative estimate of drug-likeness (QED) is 0.562. The summed E-state index contributed by atoms with van der Waals surface area (Å²) in [5.74, 6) is -0.769. The highest BCUT2D eigenvalue weighted by Crippen LogP contribution is 2.30. The first-order valence-electron chi connectivity index (χ1n) is 12.8. The Kier molecular flexibility index (Phi) is 7.14. The van der Waals surface area contributed by atoms with Gasteiger partial charge in [-0.05, 0) is 51.3 Å². The fraction of sp³-hybridized carbons (Fsp3) is 0.500. The van der Waals surface area contributed by atoms with Crippen LogP contribution in [0.2, 0.25) is 0 Å². The van der Waals surface area contributed by atoms with E-state index in [4.69, 9.17) is 9.97 Å². The molecule has 1 aromatic carbocycles. The Balaban J connectivity index is 1.24. The maximum Gasteiger partial charge on any atom is 0.253 e. The molecule has 2 atom stereocenters. The molecule has 2 saturated heterocycles. The Morgan fingerprint density at radius 1 is 1.14 bits per heavy atom. The van der Waals surface area contributed by atoms with Gasteiger partial charge in [0.1, 0.15) is 17.8 Å². The van der Waals surface area contributed by atoms with Crippen molar-refractivity contribution in [2.75, 3.05) is 31.1 Å². The Morgan fingerprint density at radius 3 is 2.57 bits per heavy atom. The average molecular weight is 511 g/mol. The first-order chi connectivity index (χ1) is 17.9. The summed E-state index contributed by atoms with van der Waals surface area (Å²) in [5.41, 5.74) is 1.68. The van der Waals surface area contributed by atoms with Gasteiger partial charge in [-0.15, -0.1) is 0 Å².